The second-order valence-corrected chi connectivity index (χ2v) is 6.42. The van der Waals surface area contributed by atoms with Gasteiger partial charge in [-0.15, -0.1) is 0 Å². The summed E-state index contributed by atoms with van der Waals surface area (Å²) in [6.07, 6.45) is 0. The molecule has 27 heavy (non-hydrogen) atoms. The first-order valence-corrected chi connectivity index (χ1v) is 8.34. The number of carbonyl (C=O) groups is 2. The van der Waals surface area contributed by atoms with Gasteiger partial charge in [0.2, 0.25) is 11.8 Å². The Morgan fingerprint density at radius 3 is 2.37 bits per heavy atom. The Labute approximate surface area is 157 Å². The lowest BCUT2D eigenvalue weighted by Gasteiger charge is -2.23. The second kappa shape index (κ2) is 8.53. The topological polar surface area (TPSA) is 76.7 Å². The van der Waals surface area contributed by atoms with Crippen molar-refractivity contribution in [3.8, 4) is 11.5 Å². The van der Waals surface area contributed by atoms with Gasteiger partial charge < -0.3 is 20.1 Å². The maximum absolute atomic E-state index is 13.7. The fraction of sp³-hybridized carbons (Fsp3) is 0.300. The number of nitrogens with one attached hydrogen (secondary N) is 2. The number of rotatable bonds is 7. The molecule has 0 fully saturated rings. The number of hydrogen-bond acceptors (Lipinski definition) is 4. The summed E-state index contributed by atoms with van der Waals surface area (Å²) >= 11 is 0. The molecular formula is C20H23FN2O4. The van der Waals surface area contributed by atoms with Crippen LogP contribution in [0.15, 0.2) is 42.5 Å². The molecule has 0 bridgehead atoms. The highest BCUT2D eigenvalue weighted by Crippen LogP contribution is 2.30. The number of carbonyl (C=O) groups excluding carboxylic acids is 2. The largest absolute Gasteiger partial charge is 0.497 e. The molecule has 2 amide bonds. The first-order valence-electron chi connectivity index (χ1n) is 8.34. The molecule has 6 nitrogen and oxygen atoms in total. The maximum atomic E-state index is 13.7. The van der Waals surface area contributed by atoms with Crippen LogP contribution in [0, 0.1) is 11.2 Å². The molecule has 0 aliphatic rings. The van der Waals surface area contributed by atoms with Crippen LogP contribution in [-0.2, 0) is 16.1 Å². The van der Waals surface area contributed by atoms with E-state index in [1.54, 1.807) is 36.4 Å². The molecule has 0 saturated heterocycles. The molecule has 0 unspecified atom stereocenters. The summed E-state index contributed by atoms with van der Waals surface area (Å²) in [6, 6.07) is 11.1. The molecule has 0 saturated carbocycles. The van der Waals surface area contributed by atoms with Gasteiger partial charge in [-0.2, -0.15) is 0 Å². The SMILES string of the molecule is COc1ccc(NC(=O)C(C)(C)C(=O)NCc2ccccc2F)c(OC)c1. The number of halogens is 1. The van der Waals surface area contributed by atoms with Crippen molar-refractivity contribution >= 4 is 17.5 Å². The molecular weight excluding hydrogens is 351 g/mol. The van der Waals surface area contributed by atoms with Crippen molar-refractivity contribution in [1.29, 1.82) is 0 Å². The van der Waals surface area contributed by atoms with Crippen LogP contribution < -0.4 is 20.1 Å². The van der Waals surface area contributed by atoms with Crippen LogP contribution in [0.5, 0.6) is 11.5 Å². The van der Waals surface area contributed by atoms with E-state index in [0.717, 1.165) is 0 Å². The van der Waals surface area contributed by atoms with Crippen LogP contribution in [0.3, 0.4) is 0 Å². The Balaban J connectivity index is 2.07. The molecule has 2 aromatic rings. The zero-order valence-electron chi connectivity index (χ0n) is 15.8. The van der Waals surface area contributed by atoms with Gasteiger partial charge in [0, 0.05) is 18.2 Å². The zero-order chi connectivity index (χ0) is 20.0. The lowest BCUT2D eigenvalue weighted by atomic mass is 9.90. The smallest absolute Gasteiger partial charge is 0.239 e. The third-order valence-corrected chi connectivity index (χ3v) is 4.19. The van der Waals surface area contributed by atoms with Gasteiger partial charge in [0.05, 0.1) is 19.9 Å². The third-order valence-electron chi connectivity index (χ3n) is 4.19. The molecule has 144 valence electrons. The van der Waals surface area contributed by atoms with E-state index in [1.165, 1.54) is 34.1 Å². The lowest BCUT2D eigenvalue weighted by molar-refractivity contribution is -0.138. The minimum Gasteiger partial charge on any atom is -0.497 e. The molecule has 0 spiro atoms. The van der Waals surface area contributed by atoms with E-state index in [9.17, 15) is 14.0 Å². The van der Waals surface area contributed by atoms with E-state index < -0.39 is 23.0 Å². The van der Waals surface area contributed by atoms with E-state index in [4.69, 9.17) is 9.47 Å². The van der Waals surface area contributed by atoms with Crippen molar-refractivity contribution in [3.05, 3.63) is 53.8 Å². The highest BCUT2D eigenvalue weighted by atomic mass is 19.1. The van der Waals surface area contributed by atoms with Crippen molar-refractivity contribution < 1.29 is 23.5 Å². The van der Waals surface area contributed by atoms with Crippen LogP contribution in [0.1, 0.15) is 19.4 Å². The molecule has 2 N–H and O–H groups in total. The Morgan fingerprint density at radius 2 is 1.74 bits per heavy atom. The molecule has 0 atom stereocenters. The van der Waals surface area contributed by atoms with Crippen LogP contribution in [0.2, 0.25) is 0 Å². The van der Waals surface area contributed by atoms with Crippen LogP contribution in [0.4, 0.5) is 10.1 Å². The predicted molar refractivity (Wildman–Crippen MR) is 100 cm³/mol. The molecule has 0 aliphatic carbocycles. The van der Waals surface area contributed by atoms with Crippen molar-refractivity contribution in [3.63, 3.8) is 0 Å². The average molecular weight is 374 g/mol. The minimum atomic E-state index is -1.38. The van der Waals surface area contributed by atoms with Crippen molar-refractivity contribution in [2.45, 2.75) is 20.4 Å². The van der Waals surface area contributed by atoms with Gasteiger partial charge in [-0.3, -0.25) is 9.59 Å². The maximum Gasteiger partial charge on any atom is 0.239 e. The predicted octanol–water partition coefficient (Wildman–Crippen LogP) is 3.12. The average Bonchev–Trinajstić information content (AvgIpc) is 2.67. The first kappa shape index (κ1) is 20.2. The monoisotopic (exact) mass is 374 g/mol. The molecule has 2 aromatic carbocycles. The molecule has 0 aromatic heterocycles. The molecule has 0 aliphatic heterocycles. The Kier molecular flexibility index (Phi) is 6.39. The number of amides is 2. The van der Waals surface area contributed by atoms with E-state index in [-0.39, 0.29) is 6.54 Å². The fourth-order valence-electron chi connectivity index (χ4n) is 2.32. The highest BCUT2D eigenvalue weighted by Gasteiger charge is 2.36. The number of methoxy groups -OCH3 is 2. The van der Waals surface area contributed by atoms with E-state index in [2.05, 4.69) is 10.6 Å². The molecule has 0 heterocycles. The molecule has 2 rings (SSSR count). The Hall–Kier alpha value is -3.09. The second-order valence-electron chi connectivity index (χ2n) is 6.42. The van der Waals surface area contributed by atoms with E-state index in [1.807, 2.05) is 0 Å². The number of benzene rings is 2. The van der Waals surface area contributed by atoms with Crippen LogP contribution in [-0.4, -0.2) is 26.0 Å². The highest BCUT2D eigenvalue weighted by molar-refractivity contribution is 6.10. The number of anilines is 1. The summed E-state index contributed by atoms with van der Waals surface area (Å²) in [6.45, 7) is 2.98. The van der Waals surface area contributed by atoms with Crippen LogP contribution in [0.25, 0.3) is 0 Å². The number of ether oxygens (including phenoxy) is 2. The van der Waals surface area contributed by atoms with Gasteiger partial charge in [0.25, 0.3) is 0 Å². The van der Waals surface area contributed by atoms with Crippen molar-refractivity contribution in [2.75, 3.05) is 19.5 Å². The summed E-state index contributed by atoms with van der Waals surface area (Å²) in [7, 11) is 2.99. The third kappa shape index (κ3) is 4.75. The summed E-state index contributed by atoms with van der Waals surface area (Å²) in [4.78, 5) is 25.1. The summed E-state index contributed by atoms with van der Waals surface area (Å²) in [5.41, 5.74) is -0.618. The van der Waals surface area contributed by atoms with Gasteiger partial charge >= 0.3 is 0 Å². The van der Waals surface area contributed by atoms with Gasteiger partial charge in [-0.05, 0) is 32.0 Å². The van der Waals surface area contributed by atoms with Crippen molar-refractivity contribution in [2.24, 2.45) is 5.41 Å². The molecule has 0 radical (unpaired) electrons. The fourth-order valence-corrected chi connectivity index (χ4v) is 2.32. The first-order chi connectivity index (χ1) is 12.8. The van der Waals surface area contributed by atoms with E-state index >= 15 is 0 Å². The lowest BCUT2D eigenvalue weighted by Crippen LogP contribution is -2.45. The zero-order valence-corrected chi connectivity index (χ0v) is 15.8. The normalized spacial score (nSPS) is 10.9. The minimum absolute atomic E-state index is 0.00588. The van der Waals surface area contributed by atoms with E-state index in [0.29, 0.717) is 22.7 Å². The Morgan fingerprint density at radius 1 is 1.04 bits per heavy atom. The van der Waals surface area contributed by atoms with Crippen LogP contribution >= 0.6 is 0 Å². The summed E-state index contributed by atoms with van der Waals surface area (Å²) in [5.74, 6) is -0.465. The molecule has 7 heteroatoms. The summed E-state index contributed by atoms with van der Waals surface area (Å²) < 4.78 is 24.0. The van der Waals surface area contributed by atoms with Gasteiger partial charge in [0.1, 0.15) is 22.7 Å². The van der Waals surface area contributed by atoms with Gasteiger partial charge in [-0.25, -0.2) is 4.39 Å². The van der Waals surface area contributed by atoms with Gasteiger partial charge in [0.15, 0.2) is 0 Å². The quantitative estimate of drug-likeness (QED) is 0.730. The van der Waals surface area contributed by atoms with Gasteiger partial charge in [-0.1, -0.05) is 18.2 Å². The van der Waals surface area contributed by atoms with Crippen molar-refractivity contribution in [1.82, 2.24) is 5.32 Å². The Bertz CT molecular complexity index is 836. The standard InChI is InChI=1S/C20H23FN2O4/c1-20(2,18(24)22-12-13-7-5-6-8-15(13)21)19(25)23-16-10-9-14(26-3)11-17(16)27-4/h5-11H,12H2,1-4H3,(H,22,24)(H,23,25). The number of hydrogen-bond donors (Lipinski definition) is 2. The summed E-state index contributed by atoms with van der Waals surface area (Å²) in [5, 5.41) is 5.29.